The Morgan fingerprint density at radius 2 is 1.96 bits per heavy atom. The van der Waals surface area contributed by atoms with Crippen molar-refractivity contribution in [3.63, 3.8) is 0 Å². The van der Waals surface area contributed by atoms with Crippen LogP contribution < -0.4 is 5.32 Å². The minimum Gasteiger partial charge on any atom is -0.381 e. The van der Waals surface area contributed by atoms with Crippen molar-refractivity contribution < 1.29 is 18.7 Å². The first-order valence-corrected chi connectivity index (χ1v) is 8.07. The Bertz CT molecular complexity index is 690. The molecule has 1 unspecified atom stereocenters. The summed E-state index contributed by atoms with van der Waals surface area (Å²) in [4.78, 5) is 16.9. The third kappa shape index (κ3) is 3.45. The Kier molecular flexibility index (Phi) is 4.89. The SMILES string of the molecule is Cc1nonc1C(=O)NC(c1nc(C(C)C)no1)C1CCOCC1. The van der Waals surface area contributed by atoms with Gasteiger partial charge in [0.1, 0.15) is 11.7 Å². The first-order chi connectivity index (χ1) is 11.6. The standard InChI is InChI=1S/C15H21N5O4/c1-8(2)13-17-15(23-20-13)12(10-4-6-22-7-5-10)16-14(21)11-9(3)18-24-19-11/h8,10,12H,4-7H2,1-3H3,(H,16,21). The van der Waals surface area contributed by atoms with E-state index in [1.165, 1.54) is 0 Å². The smallest absolute Gasteiger partial charge is 0.276 e. The van der Waals surface area contributed by atoms with E-state index in [0.717, 1.165) is 12.8 Å². The number of aryl methyl sites for hydroxylation is 1. The van der Waals surface area contributed by atoms with Gasteiger partial charge in [0, 0.05) is 19.1 Å². The Morgan fingerprint density at radius 1 is 1.21 bits per heavy atom. The van der Waals surface area contributed by atoms with E-state index in [2.05, 4.69) is 30.4 Å². The summed E-state index contributed by atoms with van der Waals surface area (Å²) >= 11 is 0. The van der Waals surface area contributed by atoms with E-state index in [0.29, 0.717) is 30.6 Å². The second-order valence-electron chi connectivity index (χ2n) is 6.24. The van der Waals surface area contributed by atoms with Crippen molar-refractivity contribution in [1.82, 2.24) is 25.8 Å². The first kappa shape index (κ1) is 16.6. The van der Waals surface area contributed by atoms with Crippen LogP contribution in [0.15, 0.2) is 9.15 Å². The summed E-state index contributed by atoms with van der Waals surface area (Å²) in [5, 5.41) is 14.2. The van der Waals surface area contributed by atoms with Gasteiger partial charge in [0.25, 0.3) is 5.91 Å². The van der Waals surface area contributed by atoms with Gasteiger partial charge in [0.15, 0.2) is 11.5 Å². The number of amides is 1. The molecule has 0 aliphatic carbocycles. The zero-order valence-corrected chi connectivity index (χ0v) is 14.0. The van der Waals surface area contributed by atoms with E-state index < -0.39 is 6.04 Å². The number of rotatable bonds is 5. The highest BCUT2D eigenvalue weighted by Gasteiger charge is 2.33. The Morgan fingerprint density at radius 3 is 2.54 bits per heavy atom. The van der Waals surface area contributed by atoms with E-state index in [4.69, 9.17) is 9.26 Å². The second kappa shape index (κ2) is 7.08. The number of nitrogens with zero attached hydrogens (tertiary/aromatic N) is 4. The molecular weight excluding hydrogens is 314 g/mol. The molecule has 24 heavy (non-hydrogen) atoms. The van der Waals surface area contributed by atoms with Crippen LogP contribution in [-0.2, 0) is 4.74 Å². The van der Waals surface area contributed by atoms with Gasteiger partial charge in [-0.2, -0.15) is 4.98 Å². The molecule has 1 amide bonds. The predicted octanol–water partition coefficient (Wildman–Crippen LogP) is 1.78. The molecule has 1 saturated heterocycles. The lowest BCUT2D eigenvalue weighted by molar-refractivity contribution is 0.0466. The van der Waals surface area contributed by atoms with Crippen molar-refractivity contribution in [3.8, 4) is 0 Å². The second-order valence-corrected chi connectivity index (χ2v) is 6.24. The number of hydrogen-bond acceptors (Lipinski definition) is 8. The number of nitrogens with one attached hydrogen (secondary N) is 1. The number of carbonyl (C=O) groups excluding carboxylic acids is 1. The van der Waals surface area contributed by atoms with Crippen LogP contribution in [0, 0.1) is 12.8 Å². The van der Waals surface area contributed by atoms with Crippen LogP contribution in [-0.4, -0.2) is 39.6 Å². The van der Waals surface area contributed by atoms with Crippen LogP contribution in [0.1, 0.15) is 66.5 Å². The van der Waals surface area contributed by atoms with Gasteiger partial charge >= 0.3 is 0 Å². The van der Waals surface area contributed by atoms with Gasteiger partial charge in [-0.25, -0.2) is 4.63 Å². The average molecular weight is 335 g/mol. The summed E-state index contributed by atoms with van der Waals surface area (Å²) in [6, 6.07) is -0.391. The Labute approximate surface area is 139 Å². The molecule has 0 aromatic carbocycles. The van der Waals surface area contributed by atoms with E-state index in [1.807, 2.05) is 13.8 Å². The molecule has 1 atom stereocenters. The summed E-state index contributed by atoms with van der Waals surface area (Å²) < 4.78 is 15.4. The fourth-order valence-corrected chi connectivity index (χ4v) is 2.69. The summed E-state index contributed by atoms with van der Waals surface area (Å²) in [5.74, 6) is 0.969. The molecule has 1 aliphatic rings. The Balaban J connectivity index is 1.83. The van der Waals surface area contributed by atoms with Crippen molar-refractivity contribution in [2.45, 2.75) is 45.6 Å². The van der Waals surface area contributed by atoms with E-state index in [-0.39, 0.29) is 23.4 Å². The minimum atomic E-state index is -0.391. The lowest BCUT2D eigenvalue weighted by atomic mass is 9.91. The van der Waals surface area contributed by atoms with Crippen molar-refractivity contribution in [3.05, 3.63) is 23.1 Å². The normalized spacial score (nSPS) is 17.2. The molecule has 9 heteroatoms. The predicted molar refractivity (Wildman–Crippen MR) is 81.2 cm³/mol. The molecule has 0 radical (unpaired) electrons. The van der Waals surface area contributed by atoms with Gasteiger partial charge in [-0.1, -0.05) is 24.2 Å². The molecule has 3 rings (SSSR count). The summed E-state index contributed by atoms with van der Waals surface area (Å²) in [6.07, 6.45) is 1.61. The fourth-order valence-electron chi connectivity index (χ4n) is 2.69. The first-order valence-electron chi connectivity index (χ1n) is 8.07. The molecule has 2 aromatic rings. The molecule has 0 spiro atoms. The van der Waals surface area contributed by atoms with Gasteiger partial charge in [0.05, 0.1) is 0 Å². The molecule has 9 nitrogen and oxygen atoms in total. The van der Waals surface area contributed by atoms with Crippen molar-refractivity contribution in [2.24, 2.45) is 5.92 Å². The quantitative estimate of drug-likeness (QED) is 0.879. The number of hydrogen-bond donors (Lipinski definition) is 1. The van der Waals surface area contributed by atoms with Crippen LogP contribution in [0.4, 0.5) is 0 Å². The maximum Gasteiger partial charge on any atom is 0.276 e. The lowest BCUT2D eigenvalue weighted by Gasteiger charge is -2.28. The monoisotopic (exact) mass is 335 g/mol. The van der Waals surface area contributed by atoms with Crippen LogP contribution in [0.5, 0.6) is 0 Å². The zero-order valence-electron chi connectivity index (χ0n) is 14.0. The number of aromatic nitrogens is 4. The van der Waals surface area contributed by atoms with Crippen molar-refractivity contribution in [1.29, 1.82) is 0 Å². The third-order valence-electron chi connectivity index (χ3n) is 4.13. The van der Waals surface area contributed by atoms with Gasteiger partial charge < -0.3 is 14.6 Å². The largest absolute Gasteiger partial charge is 0.381 e. The molecular formula is C15H21N5O4. The van der Waals surface area contributed by atoms with Gasteiger partial charge in [-0.15, -0.1) is 0 Å². The summed E-state index contributed by atoms with van der Waals surface area (Å²) in [6.45, 7) is 6.93. The van der Waals surface area contributed by atoms with Gasteiger partial charge in [-0.3, -0.25) is 4.79 Å². The third-order valence-corrected chi connectivity index (χ3v) is 4.13. The van der Waals surface area contributed by atoms with Crippen LogP contribution >= 0.6 is 0 Å². The molecule has 1 fully saturated rings. The lowest BCUT2D eigenvalue weighted by Crippen LogP contribution is -2.36. The van der Waals surface area contributed by atoms with Crippen LogP contribution in [0.2, 0.25) is 0 Å². The molecule has 3 heterocycles. The maximum atomic E-state index is 12.5. The van der Waals surface area contributed by atoms with E-state index in [1.54, 1.807) is 6.92 Å². The Hall–Kier alpha value is -2.29. The molecule has 0 bridgehead atoms. The fraction of sp³-hybridized carbons (Fsp3) is 0.667. The minimum absolute atomic E-state index is 0.149. The van der Waals surface area contributed by atoms with Gasteiger partial charge in [0.2, 0.25) is 5.89 Å². The van der Waals surface area contributed by atoms with Gasteiger partial charge in [-0.05, 0) is 30.8 Å². The molecule has 1 aliphatic heterocycles. The van der Waals surface area contributed by atoms with E-state index >= 15 is 0 Å². The summed E-state index contributed by atoms with van der Waals surface area (Å²) in [5.41, 5.74) is 0.599. The highest BCUT2D eigenvalue weighted by Crippen LogP contribution is 2.30. The molecule has 1 N–H and O–H groups in total. The topological polar surface area (TPSA) is 116 Å². The zero-order chi connectivity index (χ0) is 17.1. The molecule has 0 saturated carbocycles. The average Bonchev–Trinajstić information content (AvgIpc) is 3.22. The molecule has 2 aromatic heterocycles. The number of ether oxygens (including phenoxy) is 1. The van der Waals surface area contributed by atoms with E-state index in [9.17, 15) is 4.79 Å². The van der Waals surface area contributed by atoms with Crippen molar-refractivity contribution >= 4 is 5.91 Å². The summed E-state index contributed by atoms with van der Waals surface area (Å²) in [7, 11) is 0. The van der Waals surface area contributed by atoms with Crippen molar-refractivity contribution in [2.75, 3.05) is 13.2 Å². The maximum absolute atomic E-state index is 12.5. The number of carbonyl (C=O) groups is 1. The van der Waals surface area contributed by atoms with Crippen LogP contribution in [0.25, 0.3) is 0 Å². The highest BCUT2D eigenvalue weighted by molar-refractivity contribution is 5.93. The highest BCUT2D eigenvalue weighted by atomic mass is 16.6. The van der Waals surface area contributed by atoms with Crippen LogP contribution in [0.3, 0.4) is 0 Å². The molecule has 130 valence electrons.